The summed E-state index contributed by atoms with van der Waals surface area (Å²) < 4.78 is 40.4. The average molecular weight is 348 g/mol. The summed E-state index contributed by atoms with van der Waals surface area (Å²) in [5.74, 6) is 0.245. The van der Waals surface area contributed by atoms with Gasteiger partial charge in [0.1, 0.15) is 5.82 Å². The van der Waals surface area contributed by atoms with Crippen LogP contribution in [0.4, 0.5) is 4.39 Å². The molecular formula is C13H15BrFNO2S. The van der Waals surface area contributed by atoms with Crippen molar-refractivity contribution in [3.05, 3.63) is 28.5 Å². The minimum atomic E-state index is -3.57. The third kappa shape index (κ3) is 2.71. The molecule has 0 radical (unpaired) electrons. The average Bonchev–Trinajstić information content (AvgIpc) is 3.19. The van der Waals surface area contributed by atoms with Crippen molar-refractivity contribution in [1.82, 2.24) is 4.72 Å². The van der Waals surface area contributed by atoms with Crippen LogP contribution in [0, 0.1) is 17.2 Å². The van der Waals surface area contributed by atoms with Gasteiger partial charge in [-0.3, -0.25) is 0 Å². The fourth-order valence-corrected chi connectivity index (χ4v) is 4.78. The first-order chi connectivity index (χ1) is 8.93. The molecule has 6 heteroatoms. The lowest BCUT2D eigenvalue weighted by Gasteiger charge is -2.15. The fraction of sp³-hybridized carbons (Fsp3) is 0.538. The monoisotopic (exact) mass is 347 g/mol. The largest absolute Gasteiger partial charge is 0.241 e. The highest BCUT2D eigenvalue weighted by Gasteiger charge is 2.53. The Labute approximate surface area is 120 Å². The third-order valence-corrected chi connectivity index (χ3v) is 6.51. The normalized spacial score (nSPS) is 21.4. The standard InChI is InChI=1S/C13H15BrFNO2S/c14-11-7-10(15)3-4-12(11)19(17,18)16-8-13(5-6-13)9-1-2-9/h3-4,7,9,16H,1-2,5-6,8H2. The molecule has 2 saturated carbocycles. The minimum Gasteiger partial charge on any atom is -0.211 e. The highest BCUT2D eigenvalue weighted by Crippen LogP contribution is 2.60. The van der Waals surface area contributed by atoms with E-state index in [1.807, 2.05) is 0 Å². The highest BCUT2D eigenvalue weighted by atomic mass is 79.9. The Morgan fingerprint density at radius 1 is 1.37 bits per heavy atom. The van der Waals surface area contributed by atoms with Gasteiger partial charge in [0.05, 0.1) is 4.90 Å². The molecule has 104 valence electrons. The second-order valence-electron chi connectivity index (χ2n) is 5.54. The lowest BCUT2D eigenvalue weighted by molar-refractivity contribution is 0.432. The molecule has 19 heavy (non-hydrogen) atoms. The van der Waals surface area contributed by atoms with E-state index in [4.69, 9.17) is 0 Å². The first kappa shape index (κ1) is 13.5. The Kier molecular flexibility index (Phi) is 3.22. The molecule has 0 atom stereocenters. The number of hydrogen-bond acceptors (Lipinski definition) is 2. The molecule has 3 nitrogen and oxygen atoms in total. The predicted molar refractivity (Wildman–Crippen MR) is 73.7 cm³/mol. The van der Waals surface area contributed by atoms with Crippen molar-refractivity contribution in [2.24, 2.45) is 11.3 Å². The van der Waals surface area contributed by atoms with Gasteiger partial charge >= 0.3 is 0 Å². The number of sulfonamides is 1. The molecule has 2 fully saturated rings. The second kappa shape index (κ2) is 4.53. The fourth-order valence-electron chi connectivity index (χ4n) is 2.60. The van der Waals surface area contributed by atoms with Gasteiger partial charge in [-0.2, -0.15) is 0 Å². The molecule has 0 heterocycles. The van der Waals surface area contributed by atoms with Crippen molar-refractivity contribution < 1.29 is 12.8 Å². The summed E-state index contributed by atoms with van der Waals surface area (Å²) in [5, 5.41) is 0. The van der Waals surface area contributed by atoms with E-state index in [1.165, 1.54) is 25.0 Å². The molecule has 0 aromatic heterocycles. The van der Waals surface area contributed by atoms with E-state index in [-0.39, 0.29) is 14.8 Å². The molecule has 1 N–H and O–H groups in total. The van der Waals surface area contributed by atoms with Crippen molar-refractivity contribution in [3.63, 3.8) is 0 Å². The maximum atomic E-state index is 13.0. The van der Waals surface area contributed by atoms with Crippen LogP contribution in [0.15, 0.2) is 27.6 Å². The van der Waals surface area contributed by atoms with Crippen molar-refractivity contribution >= 4 is 26.0 Å². The second-order valence-corrected chi connectivity index (χ2v) is 8.13. The Bertz CT molecular complexity index is 609. The van der Waals surface area contributed by atoms with E-state index >= 15 is 0 Å². The number of hydrogen-bond donors (Lipinski definition) is 1. The van der Waals surface area contributed by atoms with Crippen LogP contribution >= 0.6 is 15.9 Å². The van der Waals surface area contributed by atoms with Crippen LogP contribution in [0.25, 0.3) is 0 Å². The van der Waals surface area contributed by atoms with Crippen molar-refractivity contribution in [2.45, 2.75) is 30.6 Å². The lowest BCUT2D eigenvalue weighted by atomic mass is 10.0. The summed E-state index contributed by atoms with van der Waals surface area (Å²) in [7, 11) is -3.57. The van der Waals surface area contributed by atoms with E-state index in [9.17, 15) is 12.8 Å². The summed E-state index contributed by atoms with van der Waals surface area (Å²) in [4.78, 5) is 0.0977. The van der Waals surface area contributed by atoms with Crippen LogP contribution in [0.3, 0.4) is 0 Å². The summed E-state index contributed by atoms with van der Waals surface area (Å²) in [6.45, 7) is 0.504. The predicted octanol–water partition coefficient (Wildman–Crippen LogP) is 3.06. The van der Waals surface area contributed by atoms with Gasteiger partial charge in [-0.25, -0.2) is 17.5 Å². The Hall–Kier alpha value is -0.460. The molecule has 3 rings (SSSR count). The number of nitrogens with one attached hydrogen (secondary N) is 1. The zero-order valence-electron chi connectivity index (χ0n) is 10.3. The maximum Gasteiger partial charge on any atom is 0.241 e. The topological polar surface area (TPSA) is 46.2 Å². The van der Waals surface area contributed by atoms with Gasteiger partial charge in [0.15, 0.2) is 0 Å². The van der Waals surface area contributed by atoms with Gasteiger partial charge in [-0.05, 0) is 71.1 Å². The molecular weight excluding hydrogens is 333 g/mol. The number of rotatable bonds is 5. The van der Waals surface area contributed by atoms with Crippen LogP contribution in [-0.2, 0) is 10.0 Å². The molecule has 1 aromatic carbocycles. The number of benzene rings is 1. The van der Waals surface area contributed by atoms with Gasteiger partial charge in [0.25, 0.3) is 0 Å². The quantitative estimate of drug-likeness (QED) is 0.889. The first-order valence-electron chi connectivity index (χ1n) is 6.38. The van der Waals surface area contributed by atoms with Gasteiger partial charge in [-0.15, -0.1) is 0 Å². The molecule has 2 aliphatic rings. The van der Waals surface area contributed by atoms with E-state index in [0.29, 0.717) is 12.5 Å². The zero-order valence-corrected chi connectivity index (χ0v) is 12.7. The van der Waals surface area contributed by atoms with Crippen molar-refractivity contribution in [1.29, 1.82) is 0 Å². The van der Waals surface area contributed by atoms with Crippen LogP contribution in [0.5, 0.6) is 0 Å². The molecule has 2 aliphatic carbocycles. The van der Waals surface area contributed by atoms with E-state index < -0.39 is 15.8 Å². The summed E-state index contributed by atoms with van der Waals surface area (Å²) in [6.07, 6.45) is 4.68. The molecule has 0 amide bonds. The van der Waals surface area contributed by atoms with Crippen LogP contribution in [0.1, 0.15) is 25.7 Å². The van der Waals surface area contributed by atoms with Crippen LogP contribution in [-0.4, -0.2) is 15.0 Å². The molecule has 0 saturated heterocycles. The molecule has 1 aromatic rings. The van der Waals surface area contributed by atoms with Crippen LogP contribution in [0.2, 0.25) is 0 Å². The zero-order chi connectivity index (χ0) is 13.7. The van der Waals surface area contributed by atoms with E-state index in [0.717, 1.165) is 18.9 Å². The van der Waals surface area contributed by atoms with Crippen LogP contribution < -0.4 is 4.72 Å². The number of halogens is 2. The SMILES string of the molecule is O=S(=O)(NCC1(C2CC2)CC1)c1ccc(F)cc1Br. The Morgan fingerprint density at radius 2 is 2.05 bits per heavy atom. The smallest absolute Gasteiger partial charge is 0.211 e. The van der Waals surface area contributed by atoms with Crippen molar-refractivity contribution in [2.75, 3.05) is 6.54 Å². The highest BCUT2D eigenvalue weighted by molar-refractivity contribution is 9.10. The summed E-state index contributed by atoms with van der Waals surface area (Å²) in [6, 6.07) is 3.62. The minimum absolute atomic E-state index is 0.0977. The lowest BCUT2D eigenvalue weighted by Crippen LogP contribution is -2.31. The molecule has 0 bridgehead atoms. The van der Waals surface area contributed by atoms with Gasteiger partial charge in [0.2, 0.25) is 10.0 Å². The molecule has 0 unspecified atom stereocenters. The van der Waals surface area contributed by atoms with E-state index in [2.05, 4.69) is 20.7 Å². The van der Waals surface area contributed by atoms with Gasteiger partial charge in [-0.1, -0.05) is 0 Å². The summed E-state index contributed by atoms with van der Waals surface area (Å²) >= 11 is 3.10. The maximum absolute atomic E-state index is 13.0. The Morgan fingerprint density at radius 3 is 2.58 bits per heavy atom. The summed E-state index contributed by atoms with van der Waals surface area (Å²) in [5.41, 5.74) is 0.208. The van der Waals surface area contributed by atoms with Gasteiger partial charge < -0.3 is 0 Å². The van der Waals surface area contributed by atoms with Crippen molar-refractivity contribution in [3.8, 4) is 0 Å². The third-order valence-electron chi connectivity index (χ3n) is 4.13. The van der Waals surface area contributed by atoms with Gasteiger partial charge in [0, 0.05) is 11.0 Å². The Balaban J connectivity index is 1.75. The first-order valence-corrected chi connectivity index (χ1v) is 8.65. The molecule has 0 aliphatic heterocycles. The molecule has 0 spiro atoms. The van der Waals surface area contributed by atoms with E-state index in [1.54, 1.807) is 0 Å².